The van der Waals surface area contributed by atoms with Crippen molar-refractivity contribution in [3.63, 3.8) is 0 Å². The minimum absolute atomic E-state index is 0.125. The SMILES string of the molecule is [B]B([B])B(B([B])[B])B(B([B])[B])B([B]C)B(C)C. The fourth-order valence-corrected chi connectivity index (χ4v) is 2.59. The third-order valence-electron chi connectivity index (χ3n) is 3.38. The predicted octanol–water partition coefficient (Wildman–Crippen LogP) is -3.58. The van der Waals surface area contributed by atoms with E-state index in [4.69, 9.17) is 46.4 Å². The third kappa shape index (κ3) is 5.19. The van der Waals surface area contributed by atoms with Crippen molar-refractivity contribution in [3.05, 3.63) is 0 Å². The van der Waals surface area contributed by atoms with Crippen molar-refractivity contribution in [2.75, 3.05) is 0 Å². The molecule has 0 spiro atoms. The van der Waals surface area contributed by atoms with Crippen molar-refractivity contribution < 1.29 is 0 Å². The Hall–Kier alpha value is 0.909. The standard InChI is InChI=1S/C3H9B14/c1-10-15(11(2)3)17(14(8)9)16(12(4)5)13(6)7/h1-3H3. The zero-order valence-corrected chi connectivity index (χ0v) is 11.1. The molecule has 63 valence electrons. The Labute approximate surface area is 119 Å². The lowest BCUT2D eigenvalue weighted by atomic mass is 8.45. The van der Waals surface area contributed by atoms with E-state index in [1.165, 1.54) is 0 Å². The molecule has 0 aromatic heterocycles. The van der Waals surface area contributed by atoms with Crippen LogP contribution in [0.25, 0.3) is 0 Å². The van der Waals surface area contributed by atoms with Crippen molar-refractivity contribution in [1.29, 1.82) is 0 Å². The first kappa shape index (κ1) is 17.9. The Morgan fingerprint density at radius 2 is 1.06 bits per heavy atom. The molecule has 0 unspecified atom stereocenters. The average Bonchev–Trinajstić information content (AvgIpc) is 2.15. The quantitative estimate of drug-likeness (QED) is 0.370. The molecule has 13 radical (unpaired) electrons. The van der Waals surface area contributed by atoms with E-state index < -0.39 is 19.2 Å². The number of rotatable bonds is 7. The highest BCUT2D eigenvalue weighted by atomic mass is 13.3. The second-order valence-electron chi connectivity index (χ2n) is 5.04. The van der Waals surface area contributed by atoms with E-state index in [-0.39, 0.29) is 19.2 Å². The van der Waals surface area contributed by atoms with Crippen LogP contribution < -0.4 is 0 Å². The molecule has 0 bridgehead atoms. The molecule has 0 aliphatic carbocycles. The first-order chi connectivity index (χ1) is 7.73. The summed E-state index contributed by atoms with van der Waals surface area (Å²) >= 11 is 0. The van der Waals surface area contributed by atoms with Gasteiger partial charge in [0.1, 0.15) is 0 Å². The largest absolute Gasteiger partial charge is 0.101 e. The van der Waals surface area contributed by atoms with Crippen molar-refractivity contribution in [3.8, 4) is 0 Å². The molecule has 0 amide bonds. The molecule has 0 atom stereocenters. The van der Waals surface area contributed by atoms with Crippen molar-refractivity contribution in [2.45, 2.75) is 20.5 Å². The summed E-state index contributed by atoms with van der Waals surface area (Å²) in [7, 11) is 36.8. The van der Waals surface area contributed by atoms with E-state index in [1.807, 2.05) is 6.82 Å². The monoisotopic (exact) mass is 199 g/mol. The Morgan fingerprint density at radius 1 is 0.706 bits per heavy atom. The van der Waals surface area contributed by atoms with Crippen LogP contribution in [0.1, 0.15) is 0 Å². The van der Waals surface area contributed by atoms with Crippen LogP contribution in [0.5, 0.6) is 0 Å². The second-order valence-corrected chi connectivity index (χ2v) is 5.04. The fraction of sp³-hybridized carbons (Fsp3) is 1.00. The first-order valence-corrected chi connectivity index (χ1v) is 6.07. The zero-order valence-electron chi connectivity index (χ0n) is 11.1. The number of hydrogen-bond acceptors (Lipinski definition) is 0. The summed E-state index contributed by atoms with van der Waals surface area (Å²) in [5.41, 5.74) is 0. The highest BCUT2D eigenvalue weighted by molar-refractivity contribution is 8.12. The van der Waals surface area contributed by atoms with Gasteiger partial charge in [0.25, 0.3) is 0 Å². The van der Waals surface area contributed by atoms with E-state index in [2.05, 4.69) is 20.8 Å². The van der Waals surface area contributed by atoms with Crippen LogP contribution in [-0.2, 0) is 0 Å². The highest BCUT2D eigenvalue weighted by Gasteiger charge is 2.40. The van der Waals surface area contributed by atoms with E-state index >= 15 is 0 Å². The summed E-state index contributed by atoms with van der Waals surface area (Å²) in [5.74, 6) is 0. The van der Waals surface area contributed by atoms with Crippen LogP contribution in [0, 0.1) is 0 Å². The van der Waals surface area contributed by atoms with Crippen LogP contribution in [0.3, 0.4) is 0 Å². The van der Waals surface area contributed by atoms with Gasteiger partial charge in [0.2, 0.25) is 0 Å². The smallest absolute Gasteiger partial charge is 0.0842 e. The van der Waals surface area contributed by atoms with Gasteiger partial charge in [-0.2, -0.15) is 0 Å². The molecule has 0 fully saturated rings. The molecule has 14 heteroatoms. The van der Waals surface area contributed by atoms with Crippen molar-refractivity contribution in [2.24, 2.45) is 0 Å². The van der Waals surface area contributed by atoms with Crippen LogP contribution in [0.15, 0.2) is 0 Å². The van der Waals surface area contributed by atoms with Gasteiger partial charge < -0.3 is 0 Å². The average molecular weight is 196 g/mol. The van der Waals surface area contributed by atoms with Crippen LogP contribution in [0.2, 0.25) is 20.5 Å². The molecular formula is C3H9B14. The van der Waals surface area contributed by atoms with Gasteiger partial charge in [0.15, 0.2) is 0 Å². The topological polar surface area (TPSA) is 0 Å². The van der Waals surface area contributed by atoms with E-state index in [0.29, 0.717) is 6.60 Å². The maximum absolute atomic E-state index is 5.86. The third-order valence-corrected chi connectivity index (χ3v) is 3.38. The molecule has 17 heavy (non-hydrogen) atoms. The summed E-state index contributed by atoms with van der Waals surface area (Å²) in [6.07, 6.45) is -2.05. The molecule has 0 saturated carbocycles. The number of hydrogen-bond donors (Lipinski definition) is 0. The van der Waals surface area contributed by atoms with Gasteiger partial charge in [-0.3, -0.25) is 0 Å². The first-order valence-electron chi connectivity index (χ1n) is 6.07. The molecule has 0 aromatic rings. The maximum atomic E-state index is 5.86. The van der Waals surface area contributed by atoms with E-state index in [1.54, 1.807) is 0 Å². The van der Waals surface area contributed by atoms with Gasteiger partial charge in [-0.05, 0) is 0 Å². The molecule has 0 nitrogen and oxygen atoms in total. The molecule has 0 aliphatic rings. The van der Waals surface area contributed by atoms with Crippen molar-refractivity contribution >= 4 is 98.5 Å². The Balaban J connectivity index is 5.16. The van der Waals surface area contributed by atoms with Gasteiger partial charge in [-0.1, -0.05) is 13.6 Å². The summed E-state index contributed by atoms with van der Waals surface area (Å²) in [5, 5.41) is 0. The molecule has 0 aliphatic heterocycles. The minimum atomic E-state index is -0.629. The van der Waals surface area contributed by atoms with Crippen LogP contribution in [0.4, 0.5) is 0 Å². The van der Waals surface area contributed by atoms with Gasteiger partial charge in [-0.25, -0.2) is 0 Å². The predicted molar refractivity (Wildman–Crippen MR) is 98.1 cm³/mol. The molecule has 0 heterocycles. The highest BCUT2D eigenvalue weighted by Crippen LogP contribution is 2.04. The molecule has 0 rings (SSSR count). The lowest BCUT2D eigenvalue weighted by Gasteiger charge is -2.37. The molecular weight excluding hydrogens is 187 g/mol. The van der Waals surface area contributed by atoms with E-state index in [0.717, 1.165) is 0 Å². The van der Waals surface area contributed by atoms with Gasteiger partial charge >= 0.3 is 0 Å². The maximum Gasteiger partial charge on any atom is 0.0842 e. The van der Waals surface area contributed by atoms with Gasteiger partial charge in [0, 0.05) is 84.7 Å². The Bertz CT molecular complexity index is 192. The lowest BCUT2D eigenvalue weighted by molar-refractivity contribution is 2.09. The van der Waals surface area contributed by atoms with Gasteiger partial charge in [0.05, 0.1) is 13.8 Å². The second kappa shape index (κ2) is 8.15. The summed E-state index contributed by atoms with van der Waals surface area (Å²) < 4.78 is 0. The molecule has 0 N–H and O–H groups in total. The van der Waals surface area contributed by atoms with Crippen molar-refractivity contribution in [1.82, 2.24) is 0 Å². The Kier molecular flexibility index (Phi) is 8.59. The zero-order chi connectivity index (χ0) is 13.7. The minimum Gasteiger partial charge on any atom is -0.101 e. The summed E-state index contributed by atoms with van der Waals surface area (Å²) in [6, 6.07) is 0. The molecule has 0 saturated heterocycles. The van der Waals surface area contributed by atoms with Crippen LogP contribution >= 0.6 is 0 Å². The molecule has 0 aromatic carbocycles. The van der Waals surface area contributed by atoms with Gasteiger partial charge in [-0.15, -0.1) is 6.82 Å². The fourth-order valence-electron chi connectivity index (χ4n) is 2.59. The van der Waals surface area contributed by atoms with Crippen LogP contribution in [-0.4, -0.2) is 98.5 Å². The lowest BCUT2D eigenvalue weighted by Crippen LogP contribution is -2.75. The van der Waals surface area contributed by atoms with E-state index in [9.17, 15) is 0 Å². The Morgan fingerprint density at radius 3 is 1.24 bits per heavy atom. The normalized spacial score (nSPS) is 9.12. The summed E-state index contributed by atoms with van der Waals surface area (Å²) in [6.45, 7) is 6.54. The summed E-state index contributed by atoms with van der Waals surface area (Å²) in [4.78, 5) is 0.